The van der Waals surface area contributed by atoms with Crippen LogP contribution >= 0.6 is 0 Å². The van der Waals surface area contributed by atoms with Gasteiger partial charge in [-0.15, -0.1) is 0 Å². The molecule has 1 heterocycles. The summed E-state index contributed by atoms with van der Waals surface area (Å²) in [4.78, 5) is 15.9. The van der Waals surface area contributed by atoms with Gasteiger partial charge in [0.05, 0.1) is 12.8 Å². The third-order valence-corrected chi connectivity index (χ3v) is 2.65. The molecule has 6 nitrogen and oxygen atoms in total. The molecule has 0 spiro atoms. The Bertz CT molecular complexity index is 637. The lowest BCUT2D eigenvalue weighted by molar-refractivity contribution is 0.412. The van der Waals surface area contributed by atoms with Crippen LogP contribution in [-0.2, 0) is 6.54 Å². The summed E-state index contributed by atoms with van der Waals surface area (Å²) in [6.45, 7) is 2.42. The summed E-state index contributed by atoms with van der Waals surface area (Å²) < 4.78 is 12.0. The monoisotopic (exact) mass is 261 g/mol. The average molecular weight is 261 g/mol. The van der Waals surface area contributed by atoms with Gasteiger partial charge in [0.1, 0.15) is 5.75 Å². The number of rotatable bonds is 4. The molecule has 0 amide bonds. The molecule has 6 heteroatoms. The normalized spacial score (nSPS) is 10.2. The second-order valence-corrected chi connectivity index (χ2v) is 3.83. The van der Waals surface area contributed by atoms with Crippen LogP contribution in [0.4, 0.5) is 5.69 Å². The van der Waals surface area contributed by atoms with Crippen molar-refractivity contribution in [1.29, 1.82) is 0 Å². The SMILES string of the molecule is CCn1ccnc(Oc2ccc(OC)cc2N)c1=O. The van der Waals surface area contributed by atoms with E-state index >= 15 is 0 Å². The number of hydrogen-bond acceptors (Lipinski definition) is 5. The molecule has 2 aromatic rings. The van der Waals surface area contributed by atoms with Crippen molar-refractivity contribution in [2.75, 3.05) is 12.8 Å². The Kier molecular flexibility index (Phi) is 3.70. The number of nitrogens with two attached hydrogens (primary N) is 1. The third-order valence-electron chi connectivity index (χ3n) is 2.65. The second-order valence-electron chi connectivity index (χ2n) is 3.83. The highest BCUT2D eigenvalue weighted by molar-refractivity contribution is 5.56. The summed E-state index contributed by atoms with van der Waals surface area (Å²) in [5.41, 5.74) is 5.91. The average Bonchev–Trinajstić information content (AvgIpc) is 2.43. The van der Waals surface area contributed by atoms with Crippen molar-refractivity contribution < 1.29 is 9.47 Å². The van der Waals surface area contributed by atoms with E-state index in [9.17, 15) is 4.79 Å². The fourth-order valence-electron chi connectivity index (χ4n) is 1.60. The van der Waals surface area contributed by atoms with E-state index in [2.05, 4.69) is 4.98 Å². The van der Waals surface area contributed by atoms with E-state index < -0.39 is 0 Å². The van der Waals surface area contributed by atoms with E-state index in [1.54, 1.807) is 31.5 Å². The van der Waals surface area contributed by atoms with Crippen LogP contribution in [-0.4, -0.2) is 16.7 Å². The van der Waals surface area contributed by atoms with Crippen LogP contribution in [0.3, 0.4) is 0 Å². The summed E-state index contributed by atoms with van der Waals surface area (Å²) in [5, 5.41) is 0. The van der Waals surface area contributed by atoms with E-state index in [1.807, 2.05) is 6.92 Å². The van der Waals surface area contributed by atoms with E-state index in [4.69, 9.17) is 15.2 Å². The Labute approximate surface area is 110 Å². The number of aryl methyl sites for hydroxylation is 1. The molecule has 0 aliphatic heterocycles. The molecule has 0 aliphatic carbocycles. The second kappa shape index (κ2) is 5.43. The smallest absolute Gasteiger partial charge is 0.313 e. The number of nitrogen functional groups attached to an aromatic ring is 1. The molecule has 0 bridgehead atoms. The Balaban J connectivity index is 2.34. The zero-order chi connectivity index (χ0) is 13.8. The lowest BCUT2D eigenvalue weighted by atomic mass is 10.3. The van der Waals surface area contributed by atoms with E-state index in [-0.39, 0.29) is 11.4 Å². The van der Waals surface area contributed by atoms with Crippen molar-refractivity contribution in [3.8, 4) is 17.4 Å². The molecule has 0 radical (unpaired) electrons. The molecule has 2 rings (SSSR count). The maximum Gasteiger partial charge on any atom is 0.313 e. The number of ether oxygens (including phenoxy) is 2. The Morgan fingerprint density at radius 3 is 2.84 bits per heavy atom. The first-order valence-electron chi connectivity index (χ1n) is 5.82. The van der Waals surface area contributed by atoms with Gasteiger partial charge in [0, 0.05) is 25.0 Å². The van der Waals surface area contributed by atoms with Gasteiger partial charge in [0.15, 0.2) is 5.75 Å². The highest BCUT2D eigenvalue weighted by Crippen LogP contribution is 2.28. The molecule has 1 aromatic carbocycles. The standard InChI is InChI=1S/C13H15N3O3/c1-3-16-7-6-15-12(13(16)17)19-11-5-4-9(18-2)8-10(11)14/h4-8H,3,14H2,1-2H3. The molecule has 0 aliphatic rings. The number of nitrogens with zero attached hydrogens (tertiary/aromatic N) is 2. The molecule has 0 atom stereocenters. The number of benzene rings is 1. The van der Waals surface area contributed by atoms with Crippen LogP contribution in [0.25, 0.3) is 0 Å². The van der Waals surface area contributed by atoms with Crippen LogP contribution in [0.5, 0.6) is 17.4 Å². The van der Waals surface area contributed by atoms with Gasteiger partial charge in [-0.2, -0.15) is 0 Å². The van der Waals surface area contributed by atoms with E-state index in [0.717, 1.165) is 0 Å². The zero-order valence-electron chi connectivity index (χ0n) is 10.8. The first kappa shape index (κ1) is 12.9. The van der Waals surface area contributed by atoms with Crippen LogP contribution < -0.4 is 20.8 Å². The van der Waals surface area contributed by atoms with Crippen molar-refractivity contribution in [2.24, 2.45) is 0 Å². The van der Waals surface area contributed by atoms with Gasteiger partial charge < -0.3 is 19.8 Å². The summed E-state index contributed by atoms with van der Waals surface area (Å²) in [6, 6.07) is 4.96. The zero-order valence-corrected chi connectivity index (χ0v) is 10.8. The quantitative estimate of drug-likeness (QED) is 0.846. The molecule has 100 valence electrons. The van der Waals surface area contributed by atoms with Gasteiger partial charge in [-0.3, -0.25) is 4.79 Å². The van der Waals surface area contributed by atoms with Crippen molar-refractivity contribution in [2.45, 2.75) is 13.5 Å². The number of anilines is 1. The van der Waals surface area contributed by atoms with Crippen LogP contribution in [0.15, 0.2) is 35.4 Å². The van der Waals surface area contributed by atoms with Gasteiger partial charge in [-0.25, -0.2) is 4.98 Å². The van der Waals surface area contributed by atoms with Gasteiger partial charge >= 0.3 is 5.56 Å². The molecule has 19 heavy (non-hydrogen) atoms. The van der Waals surface area contributed by atoms with Crippen molar-refractivity contribution >= 4 is 5.69 Å². The molecular formula is C13H15N3O3. The lowest BCUT2D eigenvalue weighted by Crippen LogP contribution is -2.20. The number of methoxy groups -OCH3 is 1. The van der Waals surface area contributed by atoms with Crippen molar-refractivity contribution in [1.82, 2.24) is 9.55 Å². The fourth-order valence-corrected chi connectivity index (χ4v) is 1.60. The van der Waals surface area contributed by atoms with Crippen LogP contribution in [0, 0.1) is 0 Å². The van der Waals surface area contributed by atoms with E-state index in [0.29, 0.717) is 23.7 Å². The minimum Gasteiger partial charge on any atom is -0.497 e. The molecule has 0 fully saturated rings. The summed E-state index contributed by atoms with van der Waals surface area (Å²) >= 11 is 0. The summed E-state index contributed by atoms with van der Waals surface area (Å²) in [6.07, 6.45) is 3.12. The van der Waals surface area contributed by atoms with Crippen LogP contribution in [0.1, 0.15) is 6.92 Å². The molecule has 0 saturated carbocycles. The highest BCUT2D eigenvalue weighted by Gasteiger charge is 2.09. The minimum absolute atomic E-state index is 0.00113. The Morgan fingerprint density at radius 1 is 1.42 bits per heavy atom. The van der Waals surface area contributed by atoms with Gasteiger partial charge in [-0.1, -0.05) is 0 Å². The predicted octanol–water partition coefficient (Wildman–Crippen LogP) is 1.65. The van der Waals surface area contributed by atoms with E-state index in [1.165, 1.54) is 10.8 Å². The fraction of sp³-hybridized carbons (Fsp3) is 0.231. The number of aromatic nitrogens is 2. The lowest BCUT2D eigenvalue weighted by Gasteiger charge is -2.09. The molecular weight excluding hydrogens is 246 g/mol. The number of hydrogen-bond donors (Lipinski definition) is 1. The first-order valence-corrected chi connectivity index (χ1v) is 5.82. The topological polar surface area (TPSA) is 79.4 Å². The Morgan fingerprint density at radius 2 is 2.21 bits per heavy atom. The van der Waals surface area contributed by atoms with Crippen LogP contribution in [0.2, 0.25) is 0 Å². The minimum atomic E-state index is -0.291. The molecule has 0 saturated heterocycles. The molecule has 1 aromatic heterocycles. The maximum absolute atomic E-state index is 11.9. The summed E-state index contributed by atoms with van der Waals surface area (Å²) in [5.74, 6) is 0.998. The first-order chi connectivity index (χ1) is 9.15. The highest BCUT2D eigenvalue weighted by atomic mass is 16.5. The van der Waals surface area contributed by atoms with Crippen molar-refractivity contribution in [3.63, 3.8) is 0 Å². The third kappa shape index (κ3) is 2.67. The van der Waals surface area contributed by atoms with Crippen molar-refractivity contribution in [3.05, 3.63) is 40.9 Å². The van der Waals surface area contributed by atoms with Gasteiger partial charge in [0.25, 0.3) is 5.88 Å². The van der Waals surface area contributed by atoms with Gasteiger partial charge in [0.2, 0.25) is 0 Å². The molecule has 0 unspecified atom stereocenters. The molecule has 2 N–H and O–H groups in total. The Hall–Kier alpha value is -2.50. The maximum atomic E-state index is 11.9. The van der Waals surface area contributed by atoms with Gasteiger partial charge in [-0.05, 0) is 19.1 Å². The summed E-state index contributed by atoms with van der Waals surface area (Å²) in [7, 11) is 1.55. The predicted molar refractivity (Wildman–Crippen MR) is 71.7 cm³/mol. The largest absolute Gasteiger partial charge is 0.497 e.